The minimum atomic E-state index is -1.31. The zero-order valence-corrected chi connectivity index (χ0v) is 11.7. The van der Waals surface area contributed by atoms with Gasteiger partial charge in [-0.25, -0.2) is 0 Å². The second-order valence-corrected chi connectivity index (χ2v) is 5.49. The second-order valence-electron chi connectivity index (χ2n) is 5.49. The van der Waals surface area contributed by atoms with Crippen molar-refractivity contribution in [1.82, 2.24) is 5.32 Å². The van der Waals surface area contributed by atoms with E-state index in [4.69, 9.17) is 0 Å². The number of carbonyl (C=O) groups excluding carboxylic acids is 1. The van der Waals surface area contributed by atoms with Gasteiger partial charge in [0.2, 0.25) is 0 Å². The average Bonchev–Trinajstić information content (AvgIpc) is 2.43. The van der Waals surface area contributed by atoms with E-state index in [2.05, 4.69) is 5.32 Å². The maximum atomic E-state index is 12.1. The van der Waals surface area contributed by atoms with Crippen LogP contribution in [-0.4, -0.2) is 16.9 Å². The predicted molar refractivity (Wildman–Crippen MR) is 75.9 cm³/mol. The molecule has 1 aliphatic rings. The summed E-state index contributed by atoms with van der Waals surface area (Å²) in [6, 6.07) is 9.88. The lowest BCUT2D eigenvalue weighted by molar-refractivity contribution is -0.156. The molecule has 2 rings (SSSR count). The first kappa shape index (κ1) is 14.3. The van der Waals surface area contributed by atoms with Crippen LogP contribution in [0.4, 0.5) is 0 Å². The van der Waals surface area contributed by atoms with Crippen molar-refractivity contribution < 1.29 is 14.7 Å². The van der Waals surface area contributed by atoms with E-state index in [0.717, 1.165) is 11.3 Å². The fourth-order valence-electron chi connectivity index (χ4n) is 2.39. The summed E-state index contributed by atoms with van der Waals surface area (Å²) in [4.78, 5) is 23.4. The number of carboxylic acids is 1. The summed E-state index contributed by atoms with van der Waals surface area (Å²) >= 11 is 0. The summed E-state index contributed by atoms with van der Waals surface area (Å²) in [5, 5.41) is 12.5. The van der Waals surface area contributed by atoms with Crippen molar-refractivity contribution in [2.24, 2.45) is 11.3 Å². The molecule has 4 nitrogen and oxygen atoms in total. The third kappa shape index (κ3) is 2.59. The normalized spacial score (nSPS) is 26.0. The first-order chi connectivity index (χ1) is 9.44. The lowest BCUT2D eigenvalue weighted by Crippen LogP contribution is -2.45. The van der Waals surface area contributed by atoms with E-state index in [-0.39, 0.29) is 11.7 Å². The minimum Gasteiger partial charge on any atom is -0.480 e. The molecule has 106 valence electrons. The number of carbonyl (C=O) groups is 2. The Labute approximate surface area is 118 Å². The van der Waals surface area contributed by atoms with Gasteiger partial charge in [0.25, 0.3) is 0 Å². The van der Waals surface area contributed by atoms with Gasteiger partial charge in [0.1, 0.15) is 5.41 Å². The number of benzene rings is 1. The van der Waals surface area contributed by atoms with E-state index in [9.17, 15) is 14.7 Å². The Hall–Kier alpha value is -2.10. The van der Waals surface area contributed by atoms with Gasteiger partial charge in [-0.05, 0) is 24.8 Å². The van der Waals surface area contributed by atoms with Gasteiger partial charge in [-0.2, -0.15) is 0 Å². The average molecular weight is 273 g/mol. The standard InChI is InChI=1S/C16H19NO3/c1-11-8-13(9-14(18)16(11,2)15(19)20)17-10-12-6-4-3-5-7-12/h3-7,9,11,17H,8,10H2,1-2H3,(H,19,20). The summed E-state index contributed by atoms with van der Waals surface area (Å²) in [6.45, 7) is 3.95. The Morgan fingerprint density at radius 2 is 2.05 bits per heavy atom. The first-order valence-corrected chi connectivity index (χ1v) is 6.70. The quantitative estimate of drug-likeness (QED) is 0.826. The van der Waals surface area contributed by atoms with Crippen molar-refractivity contribution >= 4 is 11.8 Å². The van der Waals surface area contributed by atoms with E-state index >= 15 is 0 Å². The first-order valence-electron chi connectivity index (χ1n) is 6.70. The van der Waals surface area contributed by atoms with Crippen molar-refractivity contribution in [2.45, 2.75) is 26.8 Å². The molecule has 0 radical (unpaired) electrons. The summed E-state index contributed by atoms with van der Waals surface area (Å²) in [6.07, 6.45) is 2.01. The van der Waals surface area contributed by atoms with E-state index in [0.29, 0.717) is 13.0 Å². The molecule has 1 aliphatic carbocycles. The molecule has 20 heavy (non-hydrogen) atoms. The Balaban J connectivity index is 2.09. The highest BCUT2D eigenvalue weighted by Gasteiger charge is 2.47. The van der Waals surface area contributed by atoms with Crippen LogP contribution < -0.4 is 5.32 Å². The van der Waals surface area contributed by atoms with E-state index in [1.807, 2.05) is 37.3 Å². The fourth-order valence-corrected chi connectivity index (χ4v) is 2.39. The monoisotopic (exact) mass is 273 g/mol. The zero-order chi connectivity index (χ0) is 14.8. The van der Waals surface area contributed by atoms with Crippen LogP contribution in [0.25, 0.3) is 0 Å². The Morgan fingerprint density at radius 3 is 2.60 bits per heavy atom. The van der Waals surface area contributed by atoms with Crippen LogP contribution in [-0.2, 0) is 16.1 Å². The highest BCUT2D eigenvalue weighted by molar-refractivity contribution is 6.09. The second kappa shape index (κ2) is 5.49. The van der Waals surface area contributed by atoms with Crippen LogP contribution >= 0.6 is 0 Å². The molecule has 4 heteroatoms. The summed E-state index contributed by atoms with van der Waals surface area (Å²) in [7, 11) is 0. The van der Waals surface area contributed by atoms with Crippen molar-refractivity contribution in [1.29, 1.82) is 0 Å². The number of aliphatic carboxylic acids is 1. The number of rotatable bonds is 4. The summed E-state index contributed by atoms with van der Waals surface area (Å²) in [5.74, 6) is -1.61. The van der Waals surface area contributed by atoms with Crippen LogP contribution in [0.2, 0.25) is 0 Å². The summed E-state index contributed by atoms with van der Waals surface area (Å²) < 4.78 is 0. The highest BCUT2D eigenvalue weighted by atomic mass is 16.4. The highest BCUT2D eigenvalue weighted by Crippen LogP contribution is 2.37. The van der Waals surface area contributed by atoms with Crippen molar-refractivity contribution in [3.63, 3.8) is 0 Å². The Kier molecular flexibility index (Phi) is 3.93. The molecule has 0 saturated carbocycles. The van der Waals surface area contributed by atoms with Crippen LogP contribution in [0.15, 0.2) is 42.1 Å². The molecule has 1 aromatic rings. The maximum absolute atomic E-state index is 12.1. The molecule has 1 aromatic carbocycles. The number of carboxylic acid groups (broad SMARTS) is 1. The van der Waals surface area contributed by atoms with Gasteiger partial charge in [0.15, 0.2) is 5.78 Å². The van der Waals surface area contributed by atoms with E-state index in [1.54, 1.807) is 0 Å². The molecule has 0 heterocycles. The molecule has 2 atom stereocenters. The van der Waals surface area contributed by atoms with Gasteiger partial charge >= 0.3 is 5.97 Å². The largest absolute Gasteiger partial charge is 0.480 e. The lowest BCUT2D eigenvalue weighted by Gasteiger charge is -2.33. The van der Waals surface area contributed by atoms with Crippen LogP contribution in [0.1, 0.15) is 25.8 Å². The molecule has 0 aromatic heterocycles. The molecule has 0 bridgehead atoms. The zero-order valence-electron chi connectivity index (χ0n) is 11.7. The molecule has 2 unspecified atom stereocenters. The van der Waals surface area contributed by atoms with Crippen LogP contribution in [0, 0.1) is 11.3 Å². The predicted octanol–water partition coefficient (Wildman–Crippen LogP) is 2.36. The third-order valence-electron chi connectivity index (χ3n) is 4.14. The molecule has 0 saturated heterocycles. The number of ketones is 1. The molecule has 0 fully saturated rings. The number of hydrogen-bond donors (Lipinski definition) is 2. The van der Waals surface area contributed by atoms with Gasteiger partial charge in [-0.15, -0.1) is 0 Å². The van der Waals surface area contributed by atoms with E-state index < -0.39 is 11.4 Å². The van der Waals surface area contributed by atoms with Crippen LogP contribution in [0.5, 0.6) is 0 Å². The van der Waals surface area contributed by atoms with E-state index in [1.165, 1.54) is 13.0 Å². The molecule has 0 aliphatic heterocycles. The topological polar surface area (TPSA) is 66.4 Å². The number of allylic oxidation sites excluding steroid dienone is 2. The van der Waals surface area contributed by atoms with Crippen molar-refractivity contribution in [3.8, 4) is 0 Å². The van der Waals surface area contributed by atoms with Crippen molar-refractivity contribution in [3.05, 3.63) is 47.7 Å². The molecule has 2 N–H and O–H groups in total. The SMILES string of the molecule is CC1CC(NCc2ccccc2)=CC(=O)C1(C)C(=O)O. The van der Waals surface area contributed by atoms with Crippen molar-refractivity contribution in [2.75, 3.05) is 0 Å². The van der Waals surface area contributed by atoms with Crippen LogP contribution in [0.3, 0.4) is 0 Å². The van der Waals surface area contributed by atoms with Gasteiger partial charge in [-0.3, -0.25) is 9.59 Å². The Morgan fingerprint density at radius 1 is 1.40 bits per heavy atom. The van der Waals surface area contributed by atoms with Gasteiger partial charge in [0, 0.05) is 18.3 Å². The molecular formula is C16H19NO3. The van der Waals surface area contributed by atoms with Gasteiger partial charge in [0.05, 0.1) is 0 Å². The Bertz CT molecular complexity index is 550. The lowest BCUT2D eigenvalue weighted by atomic mass is 9.69. The number of hydrogen-bond acceptors (Lipinski definition) is 3. The molecule has 0 spiro atoms. The maximum Gasteiger partial charge on any atom is 0.317 e. The van der Waals surface area contributed by atoms with Gasteiger partial charge in [-0.1, -0.05) is 37.3 Å². The summed E-state index contributed by atoms with van der Waals surface area (Å²) in [5.41, 5.74) is 0.628. The molecule has 0 amide bonds. The molecular weight excluding hydrogens is 254 g/mol. The van der Waals surface area contributed by atoms with Gasteiger partial charge < -0.3 is 10.4 Å². The third-order valence-corrected chi connectivity index (χ3v) is 4.14. The fraction of sp³-hybridized carbons (Fsp3) is 0.375. The minimum absolute atomic E-state index is 0.226. The smallest absolute Gasteiger partial charge is 0.317 e. The number of nitrogens with one attached hydrogen (secondary N) is 1.